The summed E-state index contributed by atoms with van der Waals surface area (Å²) in [6, 6.07) is 13.8. The summed E-state index contributed by atoms with van der Waals surface area (Å²) in [4.78, 5) is 70.2. The molecular weight excluding hydrogens is 871 g/mol. The maximum Gasteiger partial charge on any atom is 0.266 e. The number of likely N-dealkylation sites (tertiary alicyclic amines) is 1. The van der Waals surface area contributed by atoms with Crippen LogP contribution < -0.4 is 30.6 Å². The molecule has 342 valence electrons. The van der Waals surface area contributed by atoms with Gasteiger partial charge in [0, 0.05) is 63.5 Å². The van der Waals surface area contributed by atoms with E-state index in [1.165, 1.54) is 66.1 Å². The number of rotatable bonds is 12. The molecular formula is C46H48F2N12O5S. The van der Waals surface area contributed by atoms with E-state index in [1.807, 2.05) is 9.80 Å². The predicted molar refractivity (Wildman–Crippen MR) is 244 cm³/mol. The molecule has 0 aliphatic carbocycles. The van der Waals surface area contributed by atoms with Crippen LogP contribution in [-0.2, 0) is 14.4 Å². The highest BCUT2D eigenvalue weighted by Crippen LogP contribution is 2.36. The molecule has 3 aromatic carbocycles. The molecule has 0 bridgehead atoms. The Labute approximate surface area is 383 Å². The molecule has 6 heterocycles. The van der Waals surface area contributed by atoms with Gasteiger partial charge in [-0.15, -0.1) is 0 Å². The number of nitrogens with zero attached hydrogens (tertiary/aromatic N) is 9. The van der Waals surface area contributed by atoms with Crippen LogP contribution in [0.3, 0.4) is 0 Å². The summed E-state index contributed by atoms with van der Waals surface area (Å²) in [7, 11) is 0. The van der Waals surface area contributed by atoms with Gasteiger partial charge in [-0.05, 0) is 99.1 Å². The minimum atomic E-state index is -0.717. The molecule has 17 nitrogen and oxygen atoms in total. The van der Waals surface area contributed by atoms with E-state index in [2.05, 4.69) is 45.6 Å². The predicted octanol–water partition coefficient (Wildman–Crippen LogP) is 5.32. The highest BCUT2D eigenvalue weighted by atomic mass is 32.2. The zero-order valence-corrected chi connectivity index (χ0v) is 36.9. The molecule has 1 unspecified atom stereocenters. The number of hydrogen-bond donors (Lipinski definition) is 3. The Bertz CT molecular complexity index is 2730. The number of amides is 3. The summed E-state index contributed by atoms with van der Waals surface area (Å²) in [5, 5.41) is 15.6. The molecule has 0 radical (unpaired) electrons. The molecule has 4 aliphatic heterocycles. The van der Waals surface area contributed by atoms with E-state index in [9.17, 15) is 24.4 Å². The molecule has 3 amide bonds. The number of benzene rings is 3. The number of hydrogen-bond acceptors (Lipinski definition) is 15. The van der Waals surface area contributed by atoms with Crippen LogP contribution >= 0.6 is 12.1 Å². The monoisotopic (exact) mass is 918 g/mol. The normalized spacial score (nSPS) is 18.8. The third-order valence-electron chi connectivity index (χ3n) is 12.6. The molecule has 1 atom stereocenters. The topological polar surface area (TPSA) is 194 Å². The van der Waals surface area contributed by atoms with Gasteiger partial charge in [0.2, 0.25) is 23.7 Å². The minimum absolute atomic E-state index is 0.00479. The van der Waals surface area contributed by atoms with Crippen molar-refractivity contribution in [2.75, 3.05) is 73.8 Å². The number of halogens is 2. The average Bonchev–Trinajstić information content (AvgIpc) is 3.34. The lowest BCUT2D eigenvalue weighted by atomic mass is 9.89. The first-order chi connectivity index (χ1) is 32.1. The quantitative estimate of drug-likeness (QED) is 0.107. The van der Waals surface area contributed by atoms with Crippen molar-refractivity contribution in [3.8, 4) is 23.3 Å². The largest absolute Gasteiger partial charge is 0.453 e. The number of carbonyl (C=O) groups is 3. The fourth-order valence-corrected chi connectivity index (χ4v) is 9.66. The fraction of sp³-hybridized carbons (Fsp3) is 0.391. The minimum Gasteiger partial charge on any atom is -0.453 e. The molecule has 9 rings (SSSR count). The van der Waals surface area contributed by atoms with Crippen molar-refractivity contribution in [1.29, 1.82) is 5.26 Å². The van der Waals surface area contributed by atoms with Crippen molar-refractivity contribution in [2.24, 2.45) is 0 Å². The number of imide groups is 1. The summed E-state index contributed by atoms with van der Waals surface area (Å²) in [6.07, 6.45) is 9.82. The maximum absolute atomic E-state index is 15.3. The fourth-order valence-electron chi connectivity index (χ4n) is 8.82. The van der Waals surface area contributed by atoms with Gasteiger partial charge in [-0.1, -0.05) is 12.5 Å². The van der Waals surface area contributed by atoms with Gasteiger partial charge in [0.05, 0.1) is 41.2 Å². The molecule has 4 aliphatic rings. The van der Waals surface area contributed by atoms with Crippen LogP contribution in [0.2, 0.25) is 0 Å². The van der Waals surface area contributed by atoms with Gasteiger partial charge in [-0.3, -0.25) is 34.0 Å². The molecule has 4 fully saturated rings. The molecule has 4 saturated heterocycles. The average molecular weight is 919 g/mol. The molecule has 3 N–H and O–H groups in total. The summed E-state index contributed by atoms with van der Waals surface area (Å²) in [6.45, 7) is 5.43. The standard InChI is InChI=1S/C46H48F2N12O5S/c47-36-7-9-39(55-66-59-14-2-1-3-15-59)35(24-49)43(36)65-32-5-8-38-34(23-32)45(64)60(28-52-38)31-25-50-46(51-26-31)58-20-18-57(19-21-58)42(62)27-56-16-12-29(13-17-56)33-6-4-30(22-37(33)48)53-40-10-11-41(61)54-44(40)63/h4-9,22-23,25-26,28-29,40,53,55H,1-3,10-21,27H2,(H,54,61,63). The zero-order chi connectivity index (χ0) is 45.7. The molecule has 0 spiro atoms. The number of piperidine rings is 3. The summed E-state index contributed by atoms with van der Waals surface area (Å²) in [5.74, 6) is -1.38. The second kappa shape index (κ2) is 19.8. The summed E-state index contributed by atoms with van der Waals surface area (Å²) in [5.41, 5.74) is 1.88. The smallest absolute Gasteiger partial charge is 0.266 e. The number of piperazine rings is 1. The lowest BCUT2D eigenvalue weighted by Crippen LogP contribution is -2.52. The van der Waals surface area contributed by atoms with Crippen LogP contribution in [-0.4, -0.2) is 116 Å². The Kier molecular flexibility index (Phi) is 13.4. The Balaban J connectivity index is 0.769. The van der Waals surface area contributed by atoms with E-state index in [0.717, 1.165) is 25.9 Å². The third kappa shape index (κ3) is 9.93. The first-order valence-electron chi connectivity index (χ1n) is 22.2. The maximum atomic E-state index is 15.3. The van der Waals surface area contributed by atoms with Gasteiger partial charge in [0.15, 0.2) is 11.6 Å². The molecule has 20 heteroatoms. The van der Waals surface area contributed by atoms with Gasteiger partial charge in [-0.2, -0.15) is 5.26 Å². The van der Waals surface area contributed by atoms with E-state index in [-0.39, 0.29) is 59.0 Å². The number of carbonyl (C=O) groups excluding carboxylic acids is 3. The lowest BCUT2D eigenvalue weighted by molar-refractivity contribution is -0.134. The highest BCUT2D eigenvalue weighted by Gasteiger charge is 2.30. The van der Waals surface area contributed by atoms with Crippen LogP contribution in [0, 0.1) is 23.0 Å². The SMILES string of the molecule is N#Cc1c(NSN2CCCCC2)ccc(F)c1Oc1ccc2ncn(-c3cnc(N4CCN(C(=O)CN5CCC(c6ccc(NC7CCC(=O)NC7=O)cc6F)CC5)CC4)nc3)c(=O)c2c1. The summed E-state index contributed by atoms with van der Waals surface area (Å²) < 4.78 is 43.0. The number of anilines is 3. The van der Waals surface area contributed by atoms with Gasteiger partial charge < -0.3 is 24.6 Å². The van der Waals surface area contributed by atoms with Gasteiger partial charge in [0.1, 0.15) is 35.6 Å². The second-order valence-corrected chi connectivity index (χ2v) is 17.7. The van der Waals surface area contributed by atoms with E-state index in [0.29, 0.717) is 92.6 Å². The Morgan fingerprint density at radius 3 is 2.38 bits per heavy atom. The highest BCUT2D eigenvalue weighted by molar-refractivity contribution is 7.98. The van der Waals surface area contributed by atoms with Gasteiger partial charge >= 0.3 is 0 Å². The van der Waals surface area contributed by atoms with Gasteiger partial charge in [-0.25, -0.2) is 28.0 Å². The van der Waals surface area contributed by atoms with E-state index in [4.69, 9.17) is 4.74 Å². The number of fused-ring (bicyclic) bond motifs is 1. The first kappa shape index (κ1) is 44.5. The molecule has 66 heavy (non-hydrogen) atoms. The van der Waals surface area contributed by atoms with Crippen molar-refractivity contribution in [3.05, 3.63) is 100 Å². The van der Waals surface area contributed by atoms with Crippen LogP contribution in [0.25, 0.3) is 16.6 Å². The van der Waals surface area contributed by atoms with Crippen molar-refractivity contribution in [2.45, 2.75) is 56.9 Å². The van der Waals surface area contributed by atoms with E-state index in [1.54, 1.807) is 24.3 Å². The van der Waals surface area contributed by atoms with Gasteiger partial charge in [0.25, 0.3) is 5.56 Å². The van der Waals surface area contributed by atoms with Crippen molar-refractivity contribution in [1.82, 2.24) is 38.9 Å². The van der Waals surface area contributed by atoms with E-state index >= 15 is 8.78 Å². The Morgan fingerprint density at radius 2 is 1.65 bits per heavy atom. The van der Waals surface area contributed by atoms with Crippen LogP contribution in [0.1, 0.15) is 62.0 Å². The van der Waals surface area contributed by atoms with E-state index < -0.39 is 23.3 Å². The Morgan fingerprint density at radius 1 is 0.879 bits per heavy atom. The zero-order valence-electron chi connectivity index (χ0n) is 36.0. The number of aromatic nitrogens is 4. The number of nitriles is 1. The third-order valence-corrected chi connectivity index (χ3v) is 13.5. The van der Waals surface area contributed by atoms with Crippen molar-refractivity contribution in [3.63, 3.8) is 0 Å². The van der Waals surface area contributed by atoms with Crippen molar-refractivity contribution >= 4 is 58.1 Å². The lowest BCUT2D eigenvalue weighted by Gasteiger charge is -2.37. The summed E-state index contributed by atoms with van der Waals surface area (Å²) >= 11 is 1.38. The first-order valence-corrected chi connectivity index (χ1v) is 22.9. The molecule has 0 saturated carbocycles. The molecule has 2 aromatic heterocycles. The molecule has 5 aromatic rings. The Hall–Kier alpha value is -6.69. The van der Waals surface area contributed by atoms with Crippen LogP contribution in [0.4, 0.5) is 26.1 Å². The van der Waals surface area contributed by atoms with Crippen molar-refractivity contribution < 1.29 is 27.9 Å². The number of nitrogens with one attached hydrogen (secondary N) is 3. The van der Waals surface area contributed by atoms with Crippen LogP contribution in [0.5, 0.6) is 11.5 Å². The number of ether oxygens (including phenoxy) is 1. The second-order valence-electron chi connectivity index (χ2n) is 16.8. The van der Waals surface area contributed by atoms with Crippen LogP contribution in [0.15, 0.2) is 72.0 Å².